The van der Waals surface area contributed by atoms with E-state index in [4.69, 9.17) is 11.6 Å². The van der Waals surface area contributed by atoms with E-state index in [1.54, 1.807) is 0 Å². The van der Waals surface area contributed by atoms with Crippen LogP contribution in [0.25, 0.3) is 0 Å². The van der Waals surface area contributed by atoms with Crippen LogP contribution in [0.1, 0.15) is 13.3 Å². The summed E-state index contributed by atoms with van der Waals surface area (Å²) in [4.78, 5) is 9.08. The second kappa shape index (κ2) is 5.80. The summed E-state index contributed by atoms with van der Waals surface area (Å²) in [6.07, 6.45) is 1.06. The number of aromatic nitrogens is 2. The first-order valence-corrected chi connectivity index (χ1v) is 5.01. The summed E-state index contributed by atoms with van der Waals surface area (Å²) in [5.74, 6) is 0.369. The maximum atomic E-state index is 12.3. The lowest BCUT2D eigenvalue weighted by Crippen LogP contribution is -2.30. The Bertz CT molecular complexity index is 309. The van der Waals surface area contributed by atoms with Crippen molar-refractivity contribution in [1.82, 2.24) is 9.97 Å². The Labute approximate surface area is 92.1 Å². The van der Waals surface area contributed by atoms with Crippen molar-refractivity contribution in [3.63, 3.8) is 0 Å². The standard InChI is InChI=1S/C9H12ClF2N3/c1-2-3-15(5-8(11)12)9-7(10)4-13-6-14-9/h4,6,8H,2-3,5H2,1H3. The van der Waals surface area contributed by atoms with Crippen LogP contribution in [-0.2, 0) is 0 Å². The Kier molecular flexibility index (Phi) is 4.68. The average molecular weight is 236 g/mol. The van der Waals surface area contributed by atoms with Gasteiger partial charge in [0.2, 0.25) is 0 Å². The molecule has 0 spiro atoms. The van der Waals surface area contributed by atoms with Crippen molar-refractivity contribution in [2.45, 2.75) is 19.8 Å². The van der Waals surface area contributed by atoms with Gasteiger partial charge in [0, 0.05) is 6.54 Å². The first-order valence-electron chi connectivity index (χ1n) is 4.63. The highest BCUT2D eigenvalue weighted by Gasteiger charge is 2.15. The summed E-state index contributed by atoms with van der Waals surface area (Å²) < 4.78 is 24.6. The van der Waals surface area contributed by atoms with Crippen LogP contribution >= 0.6 is 11.6 Å². The molecule has 15 heavy (non-hydrogen) atoms. The molecule has 1 aromatic heterocycles. The molecule has 1 rings (SSSR count). The fourth-order valence-electron chi connectivity index (χ4n) is 1.26. The molecule has 0 radical (unpaired) electrons. The highest BCUT2D eigenvalue weighted by molar-refractivity contribution is 6.32. The van der Waals surface area contributed by atoms with Crippen molar-refractivity contribution in [3.05, 3.63) is 17.5 Å². The van der Waals surface area contributed by atoms with Crippen molar-refractivity contribution in [2.24, 2.45) is 0 Å². The summed E-state index contributed by atoms with van der Waals surface area (Å²) in [5.41, 5.74) is 0. The van der Waals surface area contributed by atoms with Gasteiger partial charge in [-0.1, -0.05) is 18.5 Å². The minimum absolute atomic E-state index is 0.298. The molecule has 6 heteroatoms. The van der Waals surface area contributed by atoms with Gasteiger partial charge in [-0.15, -0.1) is 0 Å². The Balaban J connectivity index is 2.83. The summed E-state index contributed by atoms with van der Waals surface area (Å²) >= 11 is 5.83. The van der Waals surface area contributed by atoms with E-state index in [1.165, 1.54) is 17.4 Å². The van der Waals surface area contributed by atoms with E-state index in [0.717, 1.165) is 6.42 Å². The maximum absolute atomic E-state index is 12.3. The molecular weight excluding hydrogens is 224 g/mol. The van der Waals surface area contributed by atoms with Crippen LogP contribution in [-0.4, -0.2) is 29.5 Å². The summed E-state index contributed by atoms with van der Waals surface area (Å²) in [6, 6.07) is 0. The second-order valence-corrected chi connectivity index (χ2v) is 3.44. The molecule has 0 aliphatic rings. The quantitative estimate of drug-likeness (QED) is 0.786. The van der Waals surface area contributed by atoms with Gasteiger partial charge < -0.3 is 4.90 Å². The average Bonchev–Trinajstić information content (AvgIpc) is 2.17. The van der Waals surface area contributed by atoms with E-state index >= 15 is 0 Å². The van der Waals surface area contributed by atoms with Crippen molar-refractivity contribution in [3.8, 4) is 0 Å². The molecule has 84 valence electrons. The fourth-order valence-corrected chi connectivity index (χ4v) is 1.48. The highest BCUT2D eigenvalue weighted by atomic mass is 35.5. The molecule has 1 aromatic rings. The zero-order chi connectivity index (χ0) is 11.3. The molecule has 0 saturated heterocycles. The molecule has 3 nitrogen and oxygen atoms in total. The Morgan fingerprint density at radius 2 is 2.27 bits per heavy atom. The van der Waals surface area contributed by atoms with Gasteiger partial charge in [0.15, 0.2) is 5.82 Å². The molecule has 0 bridgehead atoms. The summed E-state index contributed by atoms with van der Waals surface area (Å²) in [5, 5.41) is 0.298. The van der Waals surface area contributed by atoms with E-state index in [-0.39, 0.29) is 6.54 Å². The van der Waals surface area contributed by atoms with Gasteiger partial charge in [0.05, 0.1) is 12.7 Å². The molecule has 0 aliphatic carbocycles. The van der Waals surface area contributed by atoms with Crippen LogP contribution in [0, 0.1) is 0 Å². The van der Waals surface area contributed by atoms with Gasteiger partial charge >= 0.3 is 0 Å². The van der Waals surface area contributed by atoms with Crippen LogP contribution in [0.2, 0.25) is 5.02 Å². The summed E-state index contributed by atoms with van der Waals surface area (Å²) in [7, 11) is 0. The number of nitrogens with zero attached hydrogens (tertiary/aromatic N) is 3. The van der Waals surface area contributed by atoms with Crippen LogP contribution in [0.3, 0.4) is 0 Å². The number of hydrogen-bond donors (Lipinski definition) is 0. The van der Waals surface area contributed by atoms with Crippen LogP contribution in [0.4, 0.5) is 14.6 Å². The number of alkyl halides is 2. The van der Waals surface area contributed by atoms with Crippen LogP contribution in [0.15, 0.2) is 12.5 Å². The van der Waals surface area contributed by atoms with Gasteiger partial charge in [-0.25, -0.2) is 18.7 Å². The first-order chi connectivity index (χ1) is 7.15. The second-order valence-electron chi connectivity index (χ2n) is 3.03. The molecule has 0 unspecified atom stereocenters. The van der Waals surface area contributed by atoms with Crippen molar-refractivity contribution >= 4 is 17.4 Å². The van der Waals surface area contributed by atoms with Gasteiger partial charge in [-0.3, -0.25) is 0 Å². The van der Waals surface area contributed by atoms with Crippen molar-refractivity contribution in [1.29, 1.82) is 0 Å². The van der Waals surface area contributed by atoms with Gasteiger partial charge in [0.1, 0.15) is 11.3 Å². The lowest BCUT2D eigenvalue weighted by molar-refractivity contribution is 0.154. The maximum Gasteiger partial charge on any atom is 0.255 e. The van der Waals surface area contributed by atoms with E-state index in [0.29, 0.717) is 17.4 Å². The molecule has 0 aliphatic heterocycles. The van der Waals surface area contributed by atoms with Gasteiger partial charge in [0.25, 0.3) is 6.43 Å². The Morgan fingerprint density at radius 3 is 2.80 bits per heavy atom. The molecule has 0 saturated carbocycles. The molecule has 0 amide bonds. The minimum Gasteiger partial charge on any atom is -0.350 e. The number of anilines is 1. The summed E-state index contributed by atoms with van der Waals surface area (Å²) in [6.45, 7) is 2.05. The Morgan fingerprint density at radius 1 is 1.53 bits per heavy atom. The minimum atomic E-state index is -2.40. The smallest absolute Gasteiger partial charge is 0.255 e. The Hall–Kier alpha value is -0.970. The van der Waals surface area contributed by atoms with Crippen molar-refractivity contribution < 1.29 is 8.78 Å². The lowest BCUT2D eigenvalue weighted by atomic mass is 10.4. The zero-order valence-electron chi connectivity index (χ0n) is 8.33. The van der Waals surface area contributed by atoms with E-state index in [2.05, 4.69) is 9.97 Å². The van der Waals surface area contributed by atoms with Gasteiger partial charge in [-0.05, 0) is 6.42 Å². The molecular formula is C9H12ClF2N3. The lowest BCUT2D eigenvalue weighted by Gasteiger charge is -2.23. The molecule has 0 N–H and O–H groups in total. The van der Waals surface area contributed by atoms with E-state index in [1.807, 2.05) is 6.92 Å². The van der Waals surface area contributed by atoms with E-state index < -0.39 is 6.43 Å². The number of hydrogen-bond acceptors (Lipinski definition) is 3. The molecule has 0 aromatic carbocycles. The monoisotopic (exact) mass is 235 g/mol. The third-order valence-electron chi connectivity index (χ3n) is 1.80. The predicted molar refractivity (Wildman–Crippen MR) is 55.6 cm³/mol. The van der Waals surface area contributed by atoms with Gasteiger partial charge in [-0.2, -0.15) is 0 Å². The van der Waals surface area contributed by atoms with Crippen molar-refractivity contribution in [2.75, 3.05) is 18.0 Å². The number of halogens is 3. The normalized spacial score (nSPS) is 10.7. The fraction of sp³-hybridized carbons (Fsp3) is 0.556. The molecule has 0 atom stereocenters. The predicted octanol–water partition coefficient (Wildman–Crippen LogP) is 2.61. The largest absolute Gasteiger partial charge is 0.350 e. The highest BCUT2D eigenvalue weighted by Crippen LogP contribution is 2.22. The van der Waals surface area contributed by atoms with E-state index in [9.17, 15) is 8.78 Å². The topological polar surface area (TPSA) is 29.0 Å². The number of rotatable bonds is 5. The van der Waals surface area contributed by atoms with Crippen LogP contribution in [0.5, 0.6) is 0 Å². The third-order valence-corrected chi connectivity index (χ3v) is 2.07. The van der Waals surface area contributed by atoms with Crippen LogP contribution < -0.4 is 4.90 Å². The SMILES string of the molecule is CCCN(CC(F)F)c1ncncc1Cl. The molecule has 1 heterocycles. The zero-order valence-corrected chi connectivity index (χ0v) is 9.08. The molecule has 0 fully saturated rings. The first kappa shape index (κ1) is 12.1. The third kappa shape index (κ3) is 3.58.